The van der Waals surface area contributed by atoms with E-state index in [0.29, 0.717) is 5.56 Å². The lowest BCUT2D eigenvalue weighted by Gasteiger charge is -2.30. The summed E-state index contributed by atoms with van der Waals surface area (Å²) in [5, 5.41) is 9.10. The number of nitrogens with zero attached hydrogens (tertiary/aromatic N) is 4. The fraction of sp³-hybridized carbons (Fsp3) is 0.370. The maximum atomic E-state index is 9.10. The number of morpholine rings is 1. The van der Waals surface area contributed by atoms with Crippen LogP contribution in [-0.4, -0.2) is 53.8 Å². The molecule has 32 heavy (non-hydrogen) atoms. The smallest absolute Gasteiger partial charge is 0.0991 e. The van der Waals surface area contributed by atoms with Crippen molar-refractivity contribution in [2.75, 3.05) is 39.4 Å². The summed E-state index contributed by atoms with van der Waals surface area (Å²) >= 11 is 0. The second-order valence-corrected chi connectivity index (χ2v) is 8.59. The highest BCUT2D eigenvalue weighted by molar-refractivity contribution is 5.31. The lowest BCUT2D eigenvalue weighted by atomic mass is 10.1. The van der Waals surface area contributed by atoms with E-state index in [0.717, 1.165) is 59.0 Å². The van der Waals surface area contributed by atoms with Crippen molar-refractivity contribution >= 4 is 0 Å². The van der Waals surface area contributed by atoms with Crippen LogP contribution < -0.4 is 0 Å². The maximum absolute atomic E-state index is 9.10. The van der Waals surface area contributed by atoms with Crippen LogP contribution in [0.2, 0.25) is 0 Å². The van der Waals surface area contributed by atoms with Crippen LogP contribution in [0.3, 0.4) is 0 Å². The molecule has 0 amide bonds. The summed E-state index contributed by atoms with van der Waals surface area (Å²) in [7, 11) is 0. The predicted octanol–water partition coefficient (Wildman–Crippen LogP) is 4.05. The summed E-state index contributed by atoms with van der Waals surface area (Å²) in [6, 6.07) is 23.3. The second kappa shape index (κ2) is 11.1. The molecule has 0 atom stereocenters. The number of aromatic nitrogens is 1. The van der Waals surface area contributed by atoms with Gasteiger partial charge in [-0.05, 0) is 42.3 Å². The summed E-state index contributed by atoms with van der Waals surface area (Å²) in [5.74, 6) is 0. The van der Waals surface area contributed by atoms with Crippen LogP contribution in [0.25, 0.3) is 0 Å². The van der Waals surface area contributed by atoms with Gasteiger partial charge in [0.2, 0.25) is 0 Å². The highest BCUT2D eigenvalue weighted by Crippen LogP contribution is 2.15. The van der Waals surface area contributed by atoms with Crippen molar-refractivity contribution in [1.29, 1.82) is 5.26 Å². The van der Waals surface area contributed by atoms with E-state index in [1.54, 1.807) is 0 Å². The first kappa shape index (κ1) is 22.3. The van der Waals surface area contributed by atoms with Crippen molar-refractivity contribution in [3.05, 3.63) is 94.8 Å². The summed E-state index contributed by atoms with van der Waals surface area (Å²) < 4.78 is 7.86. The van der Waals surface area contributed by atoms with Gasteiger partial charge in [0.15, 0.2) is 0 Å². The van der Waals surface area contributed by atoms with Gasteiger partial charge in [0, 0.05) is 57.7 Å². The van der Waals surface area contributed by atoms with Gasteiger partial charge in [0.05, 0.1) is 24.8 Å². The molecule has 1 saturated heterocycles. The Morgan fingerprint density at radius 2 is 1.78 bits per heavy atom. The first-order chi connectivity index (χ1) is 15.7. The Kier molecular flexibility index (Phi) is 7.73. The van der Waals surface area contributed by atoms with Gasteiger partial charge in [0.1, 0.15) is 0 Å². The second-order valence-electron chi connectivity index (χ2n) is 8.59. The first-order valence-corrected chi connectivity index (χ1v) is 11.4. The molecule has 4 rings (SSSR count). The molecule has 1 aliphatic heterocycles. The van der Waals surface area contributed by atoms with Crippen molar-refractivity contribution < 1.29 is 4.74 Å². The van der Waals surface area contributed by atoms with Crippen LogP contribution in [0.15, 0.2) is 66.9 Å². The molecular weight excluding hydrogens is 396 g/mol. The van der Waals surface area contributed by atoms with E-state index in [1.807, 2.05) is 12.1 Å². The monoisotopic (exact) mass is 428 g/mol. The Morgan fingerprint density at radius 3 is 2.53 bits per heavy atom. The van der Waals surface area contributed by atoms with Crippen LogP contribution in [0.4, 0.5) is 0 Å². The third-order valence-electron chi connectivity index (χ3n) is 6.07. The average Bonchev–Trinajstić information content (AvgIpc) is 3.25. The van der Waals surface area contributed by atoms with Crippen LogP contribution >= 0.6 is 0 Å². The minimum atomic E-state index is 0.709. The minimum Gasteiger partial charge on any atom is -0.379 e. The standard InChI is InChI=1S/C27H32N4O/c1-23-4-2-5-26(18-23)21-31-11-3-6-27(31)22-30(13-12-29-14-16-32-17-15-29)20-25-9-7-24(19-28)8-10-25/h2-11,18H,12-17,20-22H2,1H3. The molecule has 0 spiro atoms. The minimum absolute atomic E-state index is 0.709. The van der Waals surface area contributed by atoms with Crippen molar-refractivity contribution in [3.8, 4) is 6.07 Å². The van der Waals surface area contributed by atoms with Crippen molar-refractivity contribution in [2.24, 2.45) is 0 Å². The summed E-state index contributed by atoms with van der Waals surface area (Å²) in [6.45, 7) is 10.5. The van der Waals surface area contributed by atoms with E-state index in [4.69, 9.17) is 10.00 Å². The molecule has 2 aromatic carbocycles. The Balaban J connectivity index is 1.46. The normalized spacial score (nSPS) is 14.5. The molecule has 166 valence electrons. The highest BCUT2D eigenvalue weighted by atomic mass is 16.5. The molecule has 5 nitrogen and oxygen atoms in total. The van der Waals surface area contributed by atoms with Crippen LogP contribution in [0, 0.1) is 18.3 Å². The number of benzene rings is 2. The SMILES string of the molecule is Cc1cccc(Cn2cccc2CN(CCN2CCOCC2)Cc2ccc(C#N)cc2)c1. The topological polar surface area (TPSA) is 44.4 Å². The van der Waals surface area contributed by atoms with Crippen LogP contribution in [-0.2, 0) is 24.4 Å². The van der Waals surface area contributed by atoms with Gasteiger partial charge < -0.3 is 9.30 Å². The summed E-state index contributed by atoms with van der Waals surface area (Å²) in [4.78, 5) is 5.00. The number of nitriles is 1. The molecule has 5 heteroatoms. The van der Waals surface area contributed by atoms with E-state index in [-0.39, 0.29) is 0 Å². The van der Waals surface area contributed by atoms with Crippen molar-refractivity contribution in [2.45, 2.75) is 26.6 Å². The van der Waals surface area contributed by atoms with Gasteiger partial charge in [-0.1, -0.05) is 42.0 Å². The van der Waals surface area contributed by atoms with Gasteiger partial charge in [-0.25, -0.2) is 0 Å². The zero-order valence-electron chi connectivity index (χ0n) is 18.9. The fourth-order valence-electron chi connectivity index (χ4n) is 4.25. The third-order valence-corrected chi connectivity index (χ3v) is 6.07. The molecule has 2 heterocycles. The summed E-state index contributed by atoms with van der Waals surface area (Å²) in [5.41, 5.74) is 5.89. The van der Waals surface area contributed by atoms with Crippen molar-refractivity contribution in [3.63, 3.8) is 0 Å². The van der Waals surface area contributed by atoms with Gasteiger partial charge in [-0.15, -0.1) is 0 Å². The zero-order valence-corrected chi connectivity index (χ0v) is 18.9. The lowest BCUT2D eigenvalue weighted by molar-refractivity contribution is 0.0324. The van der Waals surface area contributed by atoms with E-state index >= 15 is 0 Å². The molecule has 1 aromatic heterocycles. The molecule has 1 aliphatic rings. The van der Waals surface area contributed by atoms with E-state index in [9.17, 15) is 0 Å². The number of hydrogen-bond acceptors (Lipinski definition) is 4. The average molecular weight is 429 g/mol. The van der Waals surface area contributed by atoms with E-state index < -0.39 is 0 Å². The van der Waals surface area contributed by atoms with Crippen molar-refractivity contribution in [1.82, 2.24) is 14.4 Å². The largest absolute Gasteiger partial charge is 0.379 e. The number of ether oxygens (including phenoxy) is 1. The molecule has 3 aromatic rings. The molecule has 0 saturated carbocycles. The third kappa shape index (κ3) is 6.30. The Hall–Kier alpha value is -2.91. The lowest BCUT2D eigenvalue weighted by Crippen LogP contribution is -2.41. The van der Waals surface area contributed by atoms with E-state index in [1.165, 1.54) is 22.4 Å². The number of rotatable bonds is 9. The van der Waals surface area contributed by atoms with Gasteiger partial charge in [-0.2, -0.15) is 5.26 Å². The zero-order chi connectivity index (χ0) is 22.2. The van der Waals surface area contributed by atoms with E-state index in [2.05, 4.69) is 82.1 Å². The first-order valence-electron chi connectivity index (χ1n) is 11.4. The van der Waals surface area contributed by atoms with Gasteiger partial charge in [0.25, 0.3) is 0 Å². The molecule has 0 aliphatic carbocycles. The Morgan fingerprint density at radius 1 is 0.969 bits per heavy atom. The summed E-state index contributed by atoms with van der Waals surface area (Å²) in [6.07, 6.45) is 2.18. The van der Waals surface area contributed by atoms with Gasteiger partial charge in [-0.3, -0.25) is 9.80 Å². The molecule has 0 bridgehead atoms. The number of aryl methyl sites for hydroxylation is 1. The molecule has 0 N–H and O–H groups in total. The Bertz CT molecular complexity index is 1030. The quantitative estimate of drug-likeness (QED) is 0.516. The maximum Gasteiger partial charge on any atom is 0.0991 e. The Labute approximate surface area is 191 Å². The molecule has 0 radical (unpaired) electrons. The number of hydrogen-bond donors (Lipinski definition) is 0. The molecule has 0 unspecified atom stereocenters. The fourth-order valence-corrected chi connectivity index (χ4v) is 4.25. The molecular formula is C27H32N4O. The van der Waals surface area contributed by atoms with Crippen LogP contribution in [0.5, 0.6) is 0 Å². The predicted molar refractivity (Wildman–Crippen MR) is 127 cm³/mol. The van der Waals surface area contributed by atoms with Gasteiger partial charge >= 0.3 is 0 Å². The van der Waals surface area contributed by atoms with Crippen LogP contribution in [0.1, 0.15) is 27.9 Å². The molecule has 1 fully saturated rings. The highest BCUT2D eigenvalue weighted by Gasteiger charge is 2.15.